The van der Waals surface area contributed by atoms with Crippen LogP contribution >= 0.6 is 0 Å². The van der Waals surface area contributed by atoms with E-state index in [0.29, 0.717) is 17.5 Å². The Hall–Kier alpha value is -2.96. The van der Waals surface area contributed by atoms with Gasteiger partial charge in [0, 0.05) is 62.3 Å². The van der Waals surface area contributed by atoms with Gasteiger partial charge in [-0.1, -0.05) is 18.2 Å². The fourth-order valence-electron chi connectivity index (χ4n) is 4.43. The minimum Gasteiger partial charge on any atom is -0.340 e. The summed E-state index contributed by atoms with van der Waals surface area (Å²) >= 11 is 0. The molecule has 27 heavy (non-hydrogen) atoms. The topological polar surface area (TPSA) is 67.2 Å². The predicted octanol–water partition coefficient (Wildman–Crippen LogP) is 1.88. The molecular formula is C20H22N6O. The molecule has 2 fully saturated rings. The molecule has 1 amide bonds. The van der Waals surface area contributed by atoms with Crippen molar-refractivity contribution in [3.05, 3.63) is 47.9 Å². The maximum Gasteiger partial charge on any atom is 0.275 e. The Morgan fingerprint density at radius 3 is 2.56 bits per heavy atom. The highest BCUT2D eigenvalue weighted by atomic mass is 16.2. The summed E-state index contributed by atoms with van der Waals surface area (Å²) in [5, 5.41) is 5.42. The number of hydrogen-bond donors (Lipinski definition) is 0. The summed E-state index contributed by atoms with van der Waals surface area (Å²) in [5.74, 6) is 1.78. The predicted molar refractivity (Wildman–Crippen MR) is 103 cm³/mol. The van der Waals surface area contributed by atoms with E-state index >= 15 is 0 Å². The van der Waals surface area contributed by atoms with Crippen molar-refractivity contribution in [2.24, 2.45) is 18.9 Å². The Morgan fingerprint density at radius 2 is 1.81 bits per heavy atom. The Morgan fingerprint density at radius 1 is 1.07 bits per heavy atom. The lowest BCUT2D eigenvalue weighted by atomic mass is 10.0. The lowest BCUT2D eigenvalue weighted by Crippen LogP contribution is -2.34. The number of nitrogens with zero attached hydrogens (tertiary/aromatic N) is 6. The first-order valence-electron chi connectivity index (χ1n) is 9.36. The summed E-state index contributed by atoms with van der Waals surface area (Å²) in [6, 6.07) is 9.82. The second-order valence-electron chi connectivity index (χ2n) is 7.62. The summed E-state index contributed by atoms with van der Waals surface area (Å²) in [4.78, 5) is 26.3. The van der Waals surface area contributed by atoms with Crippen LogP contribution in [0.1, 0.15) is 16.2 Å². The number of rotatable bonds is 2. The molecule has 3 aromatic rings. The van der Waals surface area contributed by atoms with E-state index in [2.05, 4.69) is 20.0 Å². The molecule has 138 valence electrons. The van der Waals surface area contributed by atoms with Gasteiger partial charge in [0.1, 0.15) is 0 Å². The minimum absolute atomic E-state index is 0.0413. The van der Waals surface area contributed by atoms with Gasteiger partial charge in [0.05, 0.1) is 5.52 Å². The standard InChI is InChI=1S/C20H22N6O/c1-13-7-8-21-20(22-13)26-11-14-9-25(10-15(14)12-26)19(27)18-16-5-3-4-6-17(16)24(2)23-18/h3-8,14-15H,9-12H2,1-2H3. The zero-order valence-electron chi connectivity index (χ0n) is 15.5. The molecule has 2 aromatic heterocycles. The van der Waals surface area contributed by atoms with Crippen molar-refractivity contribution in [1.29, 1.82) is 0 Å². The number of carbonyl (C=O) groups excluding carboxylic acids is 1. The SMILES string of the molecule is Cc1ccnc(N2CC3CN(C(=O)c4nn(C)c5ccccc45)CC3C2)n1. The molecule has 4 heterocycles. The van der Waals surface area contributed by atoms with E-state index in [9.17, 15) is 4.79 Å². The van der Waals surface area contributed by atoms with E-state index in [4.69, 9.17) is 0 Å². The van der Waals surface area contributed by atoms with Crippen LogP contribution in [-0.2, 0) is 7.05 Å². The van der Waals surface area contributed by atoms with Crippen LogP contribution in [-0.4, -0.2) is 56.7 Å². The highest BCUT2D eigenvalue weighted by molar-refractivity contribution is 6.05. The summed E-state index contributed by atoms with van der Waals surface area (Å²) in [6.07, 6.45) is 1.81. The van der Waals surface area contributed by atoms with Crippen LogP contribution in [0.2, 0.25) is 0 Å². The highest BCUT2D eigenvalue weighted by Crippen LogP contribution is 2.34. The van der Waals surface area contributed by atoms with Gasteiger partial charge in [-0.2, -0.15) is 5.10 Å². The molecule has 0 spiro atoms. The number of amides is 1. The van der Waals surface area contributed by atoms with E-state index in [1.807, 2.05) is 55.4 Å². The maximum atomic E-state index is 13.1. The van der Waals surface area contributed by atoms with Crippen LogP contribution in [0.5, 0.6) is 0 Å². The van der Waals surface area contributed by atoms with Gasteiger partial charge in [0.2, 0.25) is 5.95 Å². The third kappa shape index (κ3) is 2.65. The van der Waals surface area contributed by atoms with Gasteiger partial charge in [0.25, 0.3) is 5.91 Å². The van der Waals surface area contributed by atoms with E-state index in [0.717, 1.165) is 48.7 Å². The van der Waals surface area contributed by atoms with Gasteiger partial charge >= 0.3 is 0 Å². The summed E-state index contributed by atoms with van der Waals surface area (Å²) in [7, 11) is 1.89. The highest BCUT2D eigenvalue weighted by Gasteiger charge is 2.43. The zero-order chi connectivity index (χ0) is 18.5. The van der Waals surface area contributed by atoms with E-state index in [-0.39, 0.29) is 5.91 Å². The number of carbonyl (C=O) groups is 1. The number of fused-ring (bicyclic) bond motifs is 2. The number of anilines is 1. The molecule has 2 aliphatic rings. The van der Waals surface area contributed by atoms with Gasteiger partial charge in [-0.3, -0.25) is 9.48 Å². The number of likely N-dealkylation sites (tertiary alicyclic amines) is 1. The van der Waals surface area contributed by atoms with Crippen molar-refractivity contribution >= 4 is 22.8 Å². The number of para-hydroxylation sites is 1. The third-order valence-corrected chi connectivity index (χ3v) is 5.80. The second-order valence-corrected chi connectivity index (χ2v) is 7.62. The Balaban J connectivity index is 1.33. The number of aromatic nitrogens is 4. The molecule has 2 atom stereocenters. The molecule has 0 aliphatic carbocycles. The third-order valence-electron chi connectivity index (χ3n) is 5.80. The smallest absolute Gasteiger partial charge is 0.275 e. The molecule has 7 nitrogen and oxygen atoms in total. The van der Waals surface area contributed by atoms with Gasteiger partial charge in [-0.15, -0.1) is 0 Å². The molecule has 0 bridgehead atoms. The van der Waals surface area contributed by atoms with Gasteiger partial charge < -0.3 is 9.80 Å². The van der Waals surface area contributed by atoms with Gasteiger partial charge in [0.15, 0.2) is 5.69 Å². The first kappa shape index (κ1) is 16.2. The lowest BCUT2D eigenvalue weighted by Gasteiger charge is -2.21. The fourth-order valence-corrected chi connectivity index (χ4v) is 4.43. The number of hydrogen-bond acceptors (Lipinski definition) is 5. The van der Waals surface area contributed by atoms with Crippen molar-refractivity contribution in [1.82, 2.24) is 24.6 Å². The molecule has 7 heteroatoms. The van der Waals surface area contributed by atoms with E-state index in [1.54, 1.807) is 4.68 Å². The first-order valence-corrected chi connectivity index (χ1v) is 9.36. The van der Waals surface area contributed by atoms with E-state index < -0.39 is 0 Å². The maximum absolute atomic E-state index is 13.1. The quantitative estimate of drug-likeness (QED) is 0.696. The fraction of sp³-hybridized carbons (Fsp3) is 0.400. The average Bonchev–Trinajstić information content (AvgIpc) is 3.33. The van der Waals surface area contributed by atoms with Crippen molar-refractivity contribution in [3.8, 4) is 0 Å². The van der Waals surface area contributed by atoms with Crippen LogP contribution in [0.4, 0.5) is 5.95 Å². The van der Waals surface area contributed by atoms with Crippen molar-refractivity contribution in [2.45, 2.75) is 6.92 Å². The Kier molecular flexibility index (Phi) is 3.63. The largest absolute Gasteiger partial charge is 0.340 e. The minimum atomic E-state index is 0.0413. The Bertz CT molecular complexity index is 1010. The zero-order valence-corrected chi connectivity index (χ0v) is 15.5. The molecule has 0 saturated carbocycles. The molecular weight excluding hydrogens is 340 g/mol. The van der Waals surface area contributed by atoms with Crippen LogP contribution in [0, 0.1) is 18.8 Å². The summed E-state index contributed by atoms with van der Waals surface area (Å²) in [6.45, 7) is 5.34. The lowest BCUT2D eigenvalue weighted by molar-refractivity contribution is 0.0778. The molecule has 1 aromatic carbocycles. The number of benzene rings is 1. The number of aryl methyl sites for hydroxylation is 2. The summed E-state index contributed by atoms with van der Waals surface area (Å²) < 4.78 is 1.79. The van der Waals surface area contributed by atoms with Gasteiger partial charge in [-0.05, 0) is 19.1 Å². The normalized spacial score (nSPS) is 21.9. The molecule has 5 rings (SSSR count). The summed E-state index contributed by atoms with van der Waals surface area (Å²) in [5.41, 5.74) is 2.53. The van der Waals surface area contributed by atoms with Crippen molar-refractivity contribution in [2.75, 3.05) is 31.1 Å². The first-order chi connectivity index (χ1) is 13.1. The monoisotopic (exact) mass is 362 g/mol. The molecule has 2 unspecified atom stereocenters. The molecule has 0 radical (unpaired) electrons. The van der Waals surface area contributed by atoms with Crippen molar-refractivity contribution in [3.63, 3.8) is 0 Å². The van der Waals surface area contributed by atoms with Crippen LogP contribution in [0.25, 0.3) is 10.9 Å². The van der Waals surface area contributed by atoms with Crippen LogP contribution < -0.4 is 4.90 Å². The van der Waals surface area contributed by atoms with Crippen LogP contribution in [0.3, 0.4) is 0 Å². The second kappa shape index (κ2) is 6.04. The molecule has 2 saturated heterocycles. The van der Waals surface area contributed by atoms with Gasteiger partial charge in [-0.25, -0.2) is 9.97 Å². The van der Waals surface area contributed by atoms with Crippen LogP contribution in [0.15, 0.2) is 36.5 Å². The molecule has 2 aliphatic heterocycles. The Labute approximate surface area is 157 Å². The average molecular weight is 362 g/mol. The van der Waals surface area contributed by atoms with E-state index in [1.165, 1.54) is 0 Å². The molecule has 0 N–H and O–H groups in total. The van der Waals surface area contributed by atoms with Crippen molar-refractivity contribution < 1.29 is 4.79 Å².